The highest BCUT2D eigenvalue weighted by Crippen LogP contribution is 2.47. The third kappa shape index (κ3) is 7.67. The summed E-state index contributed by atoms with van der Waals surface area (Å²) in [5, 5.41) is 3.56. The minimum absolute atomic E-state index is 0.0314. The summed E-state index contributed by atoms with van der Waals surface area (Å²) >= 11 is 0. The molecule has 0 bridgehead atoms. The summed E-state index contributed by atoms with van der Waals surface area (Å²) in [5.41, 5.74) is 2.06. The molecule has 1 atom stereocenters. The maximum absolute atomic E-state index is 14.0. The minimum Gasteiger partial charge on any atom is -0.497 e. The maximum Gasteiger partial charge on any atom is 0.410 e. The zero-order valence-corrected chi connectivity index (χ0v) is 32.0. The molecule has 284 valence electrons. The van der Waals surface area contributed by atoms with Gasteiger partial charge < -0.3 is 34.1 Å². The molecule has 6 rings (SSSR count). The molecule has 3 aromatic rings. The van der Waals surface area contributed by atoms with E-state index in [9.17, 15) is 14.4 Å². The molecule has 1 aromatic carbocycles. The van der Waals surface area contributed by atoms with Gasteiger partial charge in [0.1, 0.15) is 40.8 Å². The maximum atomic E-state index is 14.0. The third-order valence-electron chi connectivity index (χ3n) is 10.3. The second kappa shape index (κ2) is 15.1. The Bertz CT molecular complexity index is 1850. The van der Waals surface area contributed by atoms with Gasteiger partial charge in [-0.25, -0.2) is 24.5 Å². The Labute approximate surface area is 311 Å². The van der Waals surface area contributed by atoms with Crippen LogP contribution in [0.4, 0.5) is 22.1 Å². The van der Waals surface area contributed by atoms with Crippen LogP contribution in [0.25, 0.3) is 0 Å². The smallest absolute Gasteiger partial charge is 0.410 e. The molecule has 0 unspecified atom stereocenters. The van der Waals surface area contributed by atoms with Crippen LogP contribution in [-0.2, 0) is 26.2 Å². The molecule has 2 aromatic heterocycles. The number of esters is 1. The highest BCUT2D eigenvalue weighted by molar-refractivity contribution is 6.08. The number of anilines is 3. The standard InChI is InChI=1S/C39H51N7O7/c1-38(2,3)53-37(49)45-17-9-10-26(45)21-40-28-13-14-29(35(47)52-8)43-32(28)24-15-18-44(19-16-24)33-31-34(42-23-41-33)46(36(48)39(31,4)5)22-25-11-12-27(50-6)20-30(25)51-7/h11-14,20,23-24,26,40H,9-10,15-19,21-22H2,1-8H3/t26-/m0/s1. The van der Waals surface area contributed by atoms with Crippen molar-refractivity contribution >= 4 is 35.3 Å². The average molecular weight is 730 g/mol. The first-order valence-corrected chi connectivity index (χ1v) is 18.2. The summed E-state index contributed by atoms with van der Waals surface area (Å²) in [6.45, 7) is 12.2. The van der Waals surface area contributed by atoms with Gasteiger partial charge in [0.05, 0.1) is 56.3 Å². The van der Waals surface area contributed by atoms with E-state index in [2.05, 4.69) is 15.2 Å². The number of rotatable bonds is 10. The fourth-order valence-electron chi connectivity index (χ4n) is 7.57. The summed E-state index contributed by atoms with van der Waals surface area (Å²) < 4.78 is 21.7. The monoisotopic (exact) mass is 729 g/mol. The van der Waals surface area contributed by atoms with Crippen LogP contribution < -0.4 is 24.6 Å². The highest BCUT2D eigenvalue weighted by Gasteiger charge is 2.48. The number of benzene rings is 1. The van der Waals surface area contributed by atoms with Crippen molar-refractivity contribution in [2.24, 2.45) is 0 Å². The first-order valence-electron chi connectivity index (χ1n) is 18.2. The van der Waals surface area contributed by atoms with Crippen molar-refractivity contribution in [2.75, 3.05) is 62.6 Å². The Hall–Kier alpha value is -5.14. The van der Waals surface area contributed by atoms with Gasteiger partial charge in [-0.2, -0.15) is 0 Å². The number of pyridine rings is 1. The fraction of sp³-hybridized carbons (Fsp3) is 0.538. The number of amides is 2. The van der Waals surface area contributed by atoms with E-state index < -0.39 is 17.0 Å². The van der Waals surface area contributed by atoms with Crippen LogP contribution in [0.3, 0.4) is 0 Å². The molecule has 5 heterocycles. The van der Waals surface area contributed by atoms with E-state index >= 15 is 0 Å². The first-order chi connectivity index (χ1) is 25.2. The van der Waals surface area contributed by atoms with Gasteiger partial charge in [0.2, 0.25) is 5.91 Å². The lowest BCUT2D eigenvalue weighted by Gasteiger charge is -2.35. The molecule has 0 radical (unpaired) electrons. The number of carbonyl (C=O) groups is 3. The van der Waals surface area contributed by atoms with E-state index in [1.165, 1.54) is 13.4 Å². The number of carbonyl (C=O) groups excluding carboxylic acids is 3. The Morgan fingerprint density at radius 1 is 0.962 bits per heavy atom. The van der Waals surface area contributed by atoms with Crippen molar-refractivity contribution in [3.05, 3.63) is 59.2 Å². The fourth-order valence-corrected chi connectivity index (χ4v) is 7.57. The summed E-state index contributed by atoms with van der Waals surface area (Å²) in [4.78, 5) is 59.4. The molecule has 53 heavy (non-hydrogen) atoms. The van der Waals surface area contributed by atoms with Crippen LogP contribution in [0.2, 0.25) is 0 Å². The molecule has 0 aliphatic carbocycles. The van der Waals surface area contributed by atoms with Gasteiger partial charge in [-0.05, 0) is 84.6 Å². The van der Waals surface area contributed by atoms with Crippen LogP contribution in [0.1, 0.15) is 93.5 Å². The van der Waals surface area contributed by atoms with Crippen molar-refractivity contribution in [2.45, 2.75) is 89.8 Å². The SMILES string of the molecule is COC(=O)c1ccc(NC[C@@H]2CCCN2C(=O)OC(C)(C)C)c(C2CCN(c3ncnc4c3C(C)(C)C(=O)N4Cc3ccc(OC)cc3OC)CC2)n1. The van der Waals surface area contributed by atoms with Crippen molar-refractivity contribution in [1.82, 2.24) is 19.9 Å². The summed E-state index contributed by atoms with van der Waals surface area (Å²) in [5.74, 6) is 2.11. The van der Waals surface area contributed by atoms with Crippen molar-refractivity contribution < 1.29 is 33.3 Å². The summed E-state index contributed by atoms with van der Waals surface area (Å²) in [7, 11) is 4.55. The molecule has 2 saturated heterocycles. The number of hydrogen-bond acceptors (Lipinski definition) is 12. The van der Waals surface area contributed by atoms with E-state index in [0.717, 1.165) is 54.0 Å². The minimum atomic E-state index is -0.858. The lowest BCUT2D eigenvalue weighted by atomic mass is 9.86. The quantitative estimate of drug-likeness (QED) is 0.256. The number of piperidine rings is 1. The van der Waals surface area contributed by atoms with E-state index in [0.29, 0.717) is 43.5 Å². The van der Waals surface area contributed by atoms with Gasteiger partial charge in [-0.3, -0.25) is 9.69 Å². The molecule has 2 amide bonds. The largest absolute Gasteiger partial charge is 0.497 e. The molecule has 14 nitrogen and oxygen atoms in total. The van der Waals surface area contributed by atoms with Gasteiger partial charge in [0.25, 0.3) is 0 Å². The van der Waals surface area contributed by atoms with Gasteiger partial charge in [-0.15, -0.1) is 0 Å². The zero-order chi connectivity index (χ0) is 38.1. The second-order valence-corrected chi connectivity index (χ2v) is 15.3. The topological polar surface area (TPSA) is 149 Å². The number of fused-ring (bicyclic) bond motifs is 1. The van der Waals surface area contributed by atoms with Crippen LogP contribution in [-0.4, -0.2) is 97.0 Å². The van der Waals surface area contributed by atoms with Gasteiger partial charge in [-0.1, -0.05) is 0 Å². The second-order valence-electron chi connectivity index (χ2n) is 15.3. The van der Waals surface area contributed by atoms with Crippen molar-refractivity contribution in [3.8, 4) is 11.5 Å². The highest BCUT2D eigenvalue weighted by atomic mass is 16.6. The van der Waals surface area contributed by atoms with E-state index in [1.807, 2.05) is 58.9 Å². The predicted molar refractivity (Wildman–Crippen MR) is 200 cm³/mol. The number of aromatic nitrogens is 3. The molecule has 2 fully saturated rings. The molecular formula is C39H51N7O7. The number of methoxy groups -OCH3 is 3. The molecular weight excluding hydrogens is 678 g/mol. The number of nitrogens with one attached hydrogen (secondary N) is 1. The molecule has 14 heteroatoms. The normalized spacial score (nSPS) is 18.5. The Morgan fingerprint density at radius 3 is 2.38 bits per heavy atom. The van der Waals surface area contributed by atoms with Crippen molar-refractivity contribution in [3.63, 3.8) is 0 Å². The Kier molecular flexibility index (Phi) is 10.7. The number of likely N-dealkylation sites (tertiary alicyclic amines) is 1. The number of ether oxygens (including phenoxy) is 4. The molecule has 0 spiro atoms. The average Bonchev–Trinajstić information content (AvgIpc) is 3.70. The first kappa shape index (κ1) is 37.6. The van der Waals surface area contributed by atoms with Crippen LogP contribution >= 0.6 is 0 Å². The summed E-state index contributed by atoms with van der Waals surface area (Å²) in [6.07, 6.45) is 4.46. The van der Waals surface area contributed by atoms with Crippen molar-refractivity contribution in [1.29, 1.82) is 0 Å². The lowest BCUT2D eigenvalue weighted by Crippen LogP contribution is -2.42. The Morgan fingerprint density at radius 2 is 1.70 bits per heavy atom. The molecule has 3 aliphatic rings. The van der Waals surface area contributed by atoms with E-state index in [4.69, 9.17) is 28.9 Å². The lowest BCUT2D eigenvalue weighted by molar-refractivity contribution is -0.122. The van der Waals surface area contributed by atoms with E-state index in [1.54, 1.807) is 30.1 Å². The molecule has 1 N–H and O–H groups in total. The molecule has 0 saturated carbocycles. The van der Waals surface area contributed by atoms with Gasteiger partial charge in [0, 0.05) is 43.7 Å². The predicted octanol–water partition coefficient (Wildman–Crippen LogP) is 5.70. The van der Waals surface area contributed by atoms with E-state index in [-0.39, 0.29) is 36.2 Å². The Balaban J connectivity index is 1.21. The van der Waals surface area contributed by atoms with Gasteiger partial charge in [0.15, 0.2) is 0 Å². The third-order valence-corrected chi connectivity index (χ3v) is 10.3. The van der Waals surface area contributed by atoms with Crippen LogP contribution in [0, 0.1) is 0 Å². The zero-order valence-electron chi connectivity index (χ0n) is 32.0. The number of nitrogens with zero attached hydrogens (tertiary/aromatic N) is 6. The van der Waals surface area contributed by atoms with Gasteiger partial charge >= 0.3 is 12.1 Å². The van der Waals surface area contributed by atoms with Crippen LogP contribution in [0.5, 0.6) is 11.5 Å². The van der Waals surface area contributed by atoms with Crippen LogP contribution in [0.15, 0.2) is 36.7 Å². The molecule has 3 aliphatic heterocycles. The number of hydrogen-bond donors (Lipinski definition) is 1. The summed E-state index contributed by atoms with van der Waals surface area (Å²) in [6, 6.07) is 9.08.